The monoisotopic (exact) mass is 390 g/mol. The van der Waals surface area contributed by atoms with E-state index in [0.29, 0.717) is 21.4 Å². The largest absolute Gasteiger partial charge is 0.493 e. The fourth-order valence-corrected chi connectivity index (χ4v) is 2.51. The lowest BCUT2D eigenvalue weighted by Gasteiger charge is -2.13. The second kappa shape index (κ2) is 8.73. The number of ether oxygens (including phenoxy) is 2. The molecule has 0 aromatic heterocycles. The van der Waals surface area contributed by atoms with Crippen LogP contribution in [0.3, 0.4) is 0 Å². The number of rotatable bonds is 7. The number of carbonyl (C=O) groups excluding carboxylic acids is 1. The maximum absolute atomic E-state index is 12.4. The molecule has 2 N–H and O–H groups in total. The first-order valence-electron chi connectivity index (χ1n) is 7.00. The normalized spacial score (nSPS) is 10.5. The summed E-state index contributed by atoms with van der Waals surface area (Å²) in [6, 6.07) is 8.98. The Balaban J connectivity index is 1.99. The van der Waals surface area contributed by atoms with Crippen molar-refractivity contribution in [2.45, 2.75) is 6.61 Å². The molecule has 2 aromatic rings. The quantitative estimate of drug-likeness (QED) is 0.721. The van der Waals surface area contributed by atoms with E-state index in [9.17, 15) is 13.6 Å². The van der Waals surface area contributed by atoms with E-state index in [1.807, 2.05) is 0 Å². The van der Waals surface area contributed by atoms with Crippen molar-refractivity contribution in [2.24, 2.45) is 0 Å². The molecule has 0 aliphatic heterocycles. The molecule has 2 aromatic carbocycles. The number of benzene rings is 2. The van der Waals surface area contributed by atoms with Gasteiger partial charge >= 0.3 is 6.61 Å². The molecule has 0 unspecified atom stereocenters. The molecule has 1 amide bonds. The molecule has 0 heterocycles. The van der Waals surface area contributed by atoms with Crippen molar-refractivity contribution >= 4 is 40.5 Å². The second-order valence-corrected chi connectivity index (χ2v) is 5.68. The molecule has 2 rings (SSSR count). The molecule has 25 heavy (non-hydrogen) atoms. The van der Waals surface area contributed by atoms with Crippen molar-refractivity contribution in [3.63, 3.8) is 0 Å². The van der Waals surface area contributed by atoms with Crippen LogP contribution in [-0.4, -0.2) is 26.2 Å². The molecule has 0 radical (unpaired) electrons. The minimum absolute atomic E-state index is 0.107. The SMILES string of the molecule is COc1ccc(NCC(=O)Nc2cc(Cl)cc(Cl)c2)cc1OC(F)F. The van der Waals surface area contributed by atoms with Gasteiger partial charge in [-0.2, -0.15) is 8.78 Å². The fraction of sp³-hybridized carbons (Fsp3) is 0.188. The molecule has 0 aliphatic carbocycles. The van der Waals surface area contributed by atoms with Gasteiger partial charge in [0.25, 0.3) is 0 Å². The zero-order valence-corrected chi connectivity index (χ0v) is 14.5. The summed E-state index contributed by atoms with van der Waals surface area (Å²) < 4.78 is 34.1. The van der Waals surface area contributed by atoms with Crippen molar-refractivity contribution < 1.29 is 23.0 Å². The lowest BCUT2D eigenvalue weighted by molar-refractivity contribution is -0.114. The van der Waals surface area contributed by atoms with Gasteiger partial charge in [-0.25, -0.2) is 0 Å². The highest BCUT2D eigenvalue weighted by molar-refractivity contribution is 6.35. The second-order valence-electron chi connectivity index (χ2n) is 4.80. The molecule has 0 spiro atoms. The van der Waals surface area contributed by atoms with Gasteiger partial charge in [0, 0.05) is 27.5 Å². The van der Waals surface area contributed by atoms with Crippen molar-refractivity contribution in [1.82, 2.24) is 0 Å². The third kappa shape index (κ3) is 5.95. The minimum Gasteiger partial charge on any atom is -0.493 e. The third-order valence-electron chi connectivity index (χ3n) is 2.98. The smallest absolute Gasteiger partial charge is 0.387 e. The fourth-order valence-electron chi connectivity index (χ4n) is 1.99. The van der Waals surface area contributed by atoms with Gasteiger partial charge in [0.1, 0.15) is 0 Å². The Kier molecular flexibility index (Phi) is 6.66. The van der Waals surface area contributed by atoms with E-state index in [2.05, 4.69) is 15.4 Å². The van der Waals surface area contributed by atoms with Crippen LogP contribution < -0.4 is 20.1 Å². The van der Waals surface area contributed by atoms with Gasteiger partial charge in [0.05, 0.1) is 13.7 Å². The van der Waals surface area contributed by atoms with Gasteiger partial charge in [-0.1, -0.05) is 23.2 Å². The lowest BCUT2D eigenvalue weighted by atomic mass is 10.2. The number of amides is 1. The van der Waals surface area contributed by atoms with Crippen molar-refractivity contribution in [2.75, 3.05) is 24.3 Å². The molecule has 0 atom stereocenters. The van der Waals surface area contributed by atoms with Gasteiger partial charge in [-0.05, 0) is 30.3 Å². The molecule has 0 saturated heterocycles. The number of hydrogen-bond acceptors (Lipinski definition) is 4. The van der Waals surface area contributed by atoms with E-state index in [0.717, 1.165) is 0 Å². The number of carbonyl (C=O) groups is 1. The number of hydrogen-bond donors (Lipinski definition) is 2. The Bertz CT molecular complexity index is 740. The maximum atomic E-state index is 12.4. The maximum Gasteiger partial charge on any atom is 0.387 e. The predicted molar refractivity (Wildman–Crippen MR) is 93.2 cm³/mol. The molecule has 134 valence electrons. The van der Waals surface area contributed by atoms with E-state index in [1.165, 1.54) is 19.2 Å². The van der Waals surface area contributed by atoms with Crippen LogP contribution in [0.4, 0.5) is 20.2 Å². The van der Waals surface area contributed by atoms with Crippen LogP contribution in [0, 0.1) is 0 Å². The van der Waals surface area contributed by atoms with Crippen LogP contribution in [-0.2, 0) is 4.79 Å². The van der Waals surface area contributed by atoms with E-state index in [4.69, 9.17) is 27.9 Å². The Morgan fingerprint density at radius 2 is 1.76 bits per heavy atom. The Morgan fingerprint density at radius 1 is 1.08 bits per heavy atom. The first-order valence-corrected chi connectivity index (χ1v) is 7.75. The van der Waals surface area contributed by atoms with E-state index < -0.39 is 6.61 Å². The number of halogens is 4. The van der Waals surface area contributed by atoms with Crippen LogP contribution in [0.15, 0.2) is 36.4 Å². The highest BCUT2D eigenvalue weighted by atomic mass is 35.5. The van der Waals surface area contributed by atoms with Crippen LogP contribution in [0.2, 0.25) is 10.0 Å². The van der Waals surface area contributed by atoms with Crippen molar-refractivity contribution in [3.8, 4) is 11.5 Å². The molecule has 5 nitrogen and oxygen atoms in total. The summed E-state index contributed by atoms with van der Waals surface area (Å²) in [5.74, 6) is -0.348. The third-order valence-corrected chi connectivity index (χ3v) is 3.42. The van der Waals surface area contributed by atoms with Gasteiger partial charge < -0.3 is 20.1 Å². The number of methoxy groups -OCH3 is 1. The predicted octanol–water partition coefficient (Wildman–Crippen LogP) is 4.65. The Morgan fingerprint density at radius 3 is 2.36 bits per heavy atom. The van der Waals surface area contributed by atoms with E-state index in [-0.39, 0.29) is 24.0 Å². The van der Waals surface area contributed by atoms with Crippen molar-refractivity contribution in [3.05, 3.63) is 46.4 Å². The van der Waals surface area contributed by atoms with Crippen molar-refractivity contribution in [1.29, 1.82) is 0 Å². The van der Waals surface area contributed by atoms with E-state index in [1.54, 1.807) is 24.3 Å². The van der Waals surface area contributed by atoms with Crippen LogP contribution in [0.25, 0.3) is 0 Å². The first-order chi connectivity index (χ1) is 11.9. The molecule has 0 bridgehead atoms. The summed E-state index contributed by atoms with van der Waals surface area (Å²) in [5.41, 5.74) is 0.858. The summed E-state index contributed by atoms with van der Waals surface area (Å²) in [6.07, 6.45) is 0. The summed E-state index contributed by atoms with van der Waals surface area (Å²) in [5, 5.41) is 6.19. The zero-order valence-electron chi connectivity index (χ0n) is 13.0. The molecule has 0 saturated carbocycles. The Labute approximate surface area is 152 Å². The number of alkyl halides is 2. The number of nitrogens with one attached hydrogen (secondary N) is 2. The summed E-state index contributed by atoms with van der Waals surface area (Å²) in [7, 11) is 1.34. The molecular weight excluding hydrogens is 377 g/mol. The summed E-state index contributed by atoms with van der Waals surface area (Å²) in [4.78, 5) is 12.0. The van der Waals surface area contributed by atoms with E-state index >= 15 is 0 Å². The van der Waals surface area contributed by atoms with Crippen LogP contribution >= 0.6 is 23.2 Å². The molecule has 0 aliphatic rings. The van der Waals surface area contributed by atoms with Gasteiger partial charge in [0.2, 0.25) is 5.91 Å². The van der Waals surface area contributed by atoms with Gasteiger partial charge in [0.15, 0.2) is 11.5 Å². The minimum atomic E-state index is -2.99. The van der Waals surface area contributed by atoms with Crippen LogP contribution in [0.5, 0.6) is 11.5 Å². The Hall–Kier alpha value is -2.25. The van der Waals surface area contributed by atoms with Gasteiger partial charge in [-0.3, -0.25) is 4.79 Å². The molecular formula is C16H14Cl2F2N2O3. The number of anilines is 2. The summed E-state index contributed by atoms with van der Waals surface area (Å²) in [6.45, 7) is -3.09. The highest BCUT2D eigenvalue weighted by Gasteiger charge is 2.12. The average Bonchev–Trinajstić information content (AvgIpc) is 2.51. The standard InChI is InChI=1S/C16H14Cl2F2N2O3/c1-24-13-3-2-11(7-14(13)25-16(19)20)21-8-15(23)22-12-5-9(17)4-10(18)6-12/h2-7,16,21H,8H2,1H3,(H,22,23). The average molecular weight is 391 g/mol. The van der Waals surface area contributed by atoms with Crippen LogP contribution in [0.1, 0.15) is 0 Å². The molecule has 9 heteroatoms. The topological polar surface area (TPSA) is 59.6 Å². The zero-order chi connectivity index (χ0) is 18.4. The molecule has 0 fully saturated rings. The highest BCUT2D eigenvalue weighted by Crippen LogP contribution is 2.31. The van der Waals surface area contributed by atoms with Gasteiger partial charge in [-0.15, -0.1) is 0 Å². The lowest BCUT2D eigenvalue weighted by Crippen LogP contribution is -2.21. The summed E-state index contributed by atoms with van der Waals surface area (Å²) >= 11 is 11.7. The first kappa shape index (κ1) is 19.1.